The molecule has 0 saturated carbocycles. The van der Waals surface area contributed by atoms with Gasteiger partial charge in [-0.1, -0.05) is 6.07 Å². The lowest BCUT2D eigenvalue weighted by atomic mass is 10.2. The van der Waals surface area contributed by atoms with Gasteiger partial charge in [-0.3, -0.25) is 0 Å². The van der Waals surface area contributed by atoms with E-state index in [9.17, 15) is 0 Å². The van der Waals surface area contributed by atoms with Gasteiger partial charge in [0.25, 0.3) is 6.01 Å². The van der Waals surface area contributed by atoms with Crippen molar-refractivity contribution in [1.82, 2.24) is 4.98 Å². The molecule has 0 aliphatic carbocycles. The second kappa shape index (κ2) is 4.49. The fraction of sp³-hybridized carbons (Fsp3) is 0.417. The summed E-state index contributed by atoms with van der Waals surface area (Å²) in [6.07, 6.45) is 2.09. The molecule has 0 saturated heterocycles. The molecule has 4 nitrogen and oxygen atoms in total. The lowest BCUT2D eigenvalue weighted by Crippen LogP contribution is -2.25. The van der Waals surface area contributed by atoms with Crippen LogP contribution in [-0.2, 0) is 0 Å². The van der Waals surface area contributed by atoms with Gasteiger partial charge in [0.05, 0.1) is 5.69 Å². The highest BCUT2D eigenvalue weighted by atomic mass is 32.2. The van der Waals surface area contributed by atoms with Crippen LogP contribution in [0.5, 0.6) is 0 Å². The van der Waals surface area contributed by atoms with E-state index in [2.05, 4.69) is 30.4 Å². The number of nitrogens with zero attached hydrogens (tertiary/aromatic N) is 1. The number of aromatic nitrogens is 1. The van der Waals surface area contributed by atoms with Crippen LogP contribution in [0.1, 0.15) is 13.8 Å². The Morgan fingerprint density at radius 2 is 2.24 bits per heavy atom. The Morgan fingerprint density at radius 3 is 2.88 bits per heavy atom. The number of nitrogen functional groups attached to an aromatic ring is 1. The van der Waals surface area contributed by atoms with Crippen molar-refractivity contribution >= 4 is 34.6 Å². The van der Waals surface area contributed by atoms with Crippen LogP contribution in [0.25, 0.3) is 11.1 Å². The molecule has 0 atom stereocenters. The van der Waals surface area contributed by atoms with E-state index in [0.717, 1.165) is 17.6 Å². The maximum atomic E-state index is 5.82. The minimum absolute atomic E-state index is 0.145. The van der Waals surface area contributed by atoms with Crippen molar-refractivity contribution in [3.05, 3.63) is 18.2 Å². The Morgan fingerprint density at radius 1 is 1.47 bits per heavy atom. The molecule has 17 heavy (non-hydrogen) atoms. The molecule has 0 aliphatic heterocycles. The van der Waals surface area contributed by atoms with Gasteiger partial charge in [-0.25, -0.2) is 0 Å². The van der Waals surface area contributed by atoms with Crippen LogP contribution >= 0.6 is 11.8 Å². The first-order valence-corrected chi connectivity index (χ1v) is 6.68. The highest BCUT2D eigenvalue weighted by molar-refractivity contribution is 7.99. The maximum Gasteiger partial charge on any atom is 0.295 e. The average molecular weight is 251 g/mol. The molecular formula is C12H17N3OS. The number of nitrogens with two attached hydrogens (primary N) is 1. The lowest BCUT2D eigenvalue weighted by Gasteiger charge is -2.21. The lowest BCUT2D eigenvalue weighted by molar-refractivity contribution is 0.605. The van der Waals surface area contributed by atoms with Crippen molar-refractivity contribution in [1.29, 1.82) is 0 Å². The minimum Gasteiger partial charge on any atom is -0.423 e. The van der Waals surface area contributed by atoms with E-state index < -0.39 is 0 Å². The summed E-state index contributed by atoms with van der Waals surface area (Å²) in [4.78, 5) is 4.34. The fourth-order valence-corrected chi connectivity index (χ4v) is 1.62. The second-order valence-corrected chi connectivity index (χ2v) is 6.04. The van der Waals surface area contributed by atoms with Crippen LogP contribution in [-0.4, -0.2) is 22.5 Å². The Bertz CT molecular complexity index is 521. The van der Waals surface area contributed by atoms with Crippen molar-refractivity contribution in [3.8, 4) is 0 Å². The summed E-state index contributed by atoms with van der Waals surface area (Å²) in [5, 5.41) is 3.20. The number of oxazole rings is 1. The van der Waals surface area contributed by atoms with Crippen molar-refractivity contribution in [3.63, 3.8) is 0 Å². The van der Waals surface area contributed by atoms with Crippen LogP contribution in [0.2, 0.25) is 0 Å². The van der Waals surface area contributed by atoms with Crippen molar-refractivity contribution < 1.29 is 4.42 Å². The van der Waals surface area contributed by atoms with E-state index in [1.54, 1.807) is 11.8 Å². The van der Waals surface area contributed by atoms with Crippen molar-refractivity contribution in [2.24, 2.45) is 0 Å². The van der Waals surface area contributed by atoms with Crippen LogP contribution in [0, 0.1) is 0 Å². The van der Waals surface area contributed by atoms with Gasteiger partial charge in [0.1, 0.15) is 5.52 Å². The van der Waals surface area contributed by atoms with Crippen LogP contribution in [0.3, 0.4) is 0 Å². The van der Waals surface area contributed by atoms with Gasteiger partial charge < -0.3 is 15.5 Å². The molecule has 0 unspecified atom stereocenters. The van der Waals surface area contributed by atoms with E-state index in [4.69, 9.17) is 10.2 Å². The Labute approximate surface area is 105 Å². The van der Waals surface area contributed by atoms with E-state index in [-0.39, 0.29) is 4.75 Å². The molecule has 3 N–H and O–H groups in total. The van der Waals surface area contributed by atoms with Crippen LogP contribution < -0.4 is 11.1 Å². The molecule has 5 heteroatoms. The summed E-state index contributed by atoms with van der Waals surface area (Å²) in [6.45, 7) is 5.13. The molecule has 92 valence electrons. The van der Waals surface area contributed by atoms with Crippen molar-refractivity contribution in [2.75, 3.05) is 23.9 Å². The third-order valence-electron chi connectivity index (χ3n) is 2.67. The Balaban J connectivity index is 2.18. The molecule has 1 aromatic heterocycles. The SMILES string of the molecule is CSC(C)(C)CNc1nc2c(N)cccc2o1. The molecular weight excluding hydrogens is 234 g/mol. The topological polar surface area (TPSA) is 64.1 Å². The van der Waals surface area contributed by atoms with E-state index >= 15 is 0 Å². The summed E-state index contributed by atoms with van der Waals surface area (Å²) >= 11 is 1.80. The zero-order valence-electron chi connectivity index (χ0n) is 10.3. The number of hydrogen-bond acceptors (Lipinski definition) is 5. The summed E-state index contributed by atoms with van der Waals surface area (Å²) in [5.74, 6) is 0. The summed E-state index contributed by atoms with van der Waals surface area (Å²) in [5.41, 5.74) is 7.90. The van der Waals surface area contributed by atoms with Gasteiger partial charge in [0.15, 0.2) is 5.58 Å². The summed E-state index contributed by atoms with van der Waals surface area (Å²) in [6, 6.07) is 6.07. The minimum atomic E-state index is 0.145. The standard InChI is InChI=1S/C12H17N3OS/c1-12(2,17-3)7-14-11-15-10-8(13)5-4-6-9(10)16-11/h4-6H,7,13H2,1-3H3,(H,14,15). The second-order valence-electron chi connectivity index (χ2n) is 4.53. The molecule has 0 fully saturated rings. The average Bonchev–Trinajstić information content (AvgIpc) is 2.71. The number of anilines is 2. The molecule has 2 aromatic rings. The van der Waals surface area contributed by atoms with Gasteiger partial charge in [0, 0.05) is 11.3 Å². The molecule has 0 aliphatic rings. The first kappa shape index (κ1) is 12.1. The Hall–Kier alpha value is -1.36. The highest BCUT2D eigenvalue weighted by Gasteiger charge is 2.17. The number of benzene rings is 1. The van der Waals surface area contributed by atoms with Crippen LogP contribution in [0.15, 0.2) is 22.6 Å². The van der Waals surface area contributed by atoms with E-state index in [1.807, 2.05) is 18.2 Å². The first-order valence-electron chi connectivity index (χ1n) is 5.46. The summed E-state index contributed by atoms with van der Waals surface area (Å²) < 4.78 is 5.72. The fourth-order valence-electron chi connectivity index (χ4n) is 1.41. The molecule has 0 amide bonds. The third kappa shape index (κ3) is 2.66. The van der Waals surface area contributed by atoms with Crippen LogP contribution in [0.4, 0.5) is 11.7 Å². The predicted molar refractivity (Wildman–Crippen MR) is 74.5 cm³/mol. The first-order chi connectivity index (χ1) is 8.02. The number of rotatable bonds is 4. The maximum absolute atomic E-state index is 5.82. The van der Waals surface area contributed by atoms with Gasteiger partial charge in [-0.05, 0) is 32.2 Å². The van der Waals surface area contributed by atoms with Gasteiger partial charge in [-0.15, -0.1) is 0 Å². The summed E-state index contributed by atoms with van der Waals surface area (Å²) in [7, 11) is 0. The number of nitrogens with one attached hydrogen (secondary N) is 1. The monoisotopic (exact) mass is 251 g/mol. The van der Waals surface area contributed by atoms with Crippen molar-refractivity contribution in [2.45, 2.75) is 18.6 Å². The molecule has 0 bridgehead atoms. The van der Waals surface area contributed by atoms with Gasteiger partial charge >= 0.3 is 0 Å². The quantitative estimate of drug-likeness (QED) is 0.818. The van der Waals surface area contributed by atoms with Gasteiger partial charge in [-0.2, -0.15) is 16.7 Å². The number of fused-ring (bicyclic) bond motifs is 1. The molecule has 1 aromatic carbocycles. The number of hydrogen-bond donors (Lipinski definition) is 2. The van der Waals surface area contributed by atoms with E-state index in [0.29, 0.717) is 11.7 Å². The third-order valence-corrected chi connectivity index (χ3v) is 3.92. The largest absolute Gasteiger partial charge is 0.423 e. The number of thioether (sulfide) groups is 1. The normalized spacial score (nSPS) is 11.9. The molecule has 2 rings (SSSR count). The van der Waals surface area contributed by atoms with E-state index in [1.165, 1.54) is 0 Å². The highest BCUT2D eigenvalue weighted by Crippen LogP contribution is 2.25. The molecule has 1 heterocycles. The zero-order chi connectivity index (χ0) is 12.5. The zero-order valence-corrected chi connectivity index (χ0v) is 11.1. The number of para-hydroxylation sites is 1. The molecule has 0 spiro atoms. The Kier molecular flexibility index (Phi) is 3.19. The molecule has 0 radical (unpaired) electrons. The van der Waals surface area contributed by atoms with Gasteiger partial charge in [0.2, 0.25) is 0 Å². The predicted octanol–water partition coefficient (Wildman–Crippen LogP) is 2.96. The smallest absolute Gasteiger partial charge is 0.295 e.